The van der Waals surface area contributed by atoms with Crippen LogP contribution in [0.4, 0.5) is 0 Å². The Kier molecular flexibility index (Phi) is 5.78. The van der Waals surface area contributed by atoms with Gasteiger partial charge < -0.3 is 0 Å². The van der Waals surface area contributed by atoms with Gasteiger partial charge in [-0.05, 0) is 19.6 Å². The van der Waals surface area contributed by atoms with Gasteiger partial charge in [-0.15, -0.1) is 6.58 Å². The van der Waals surface area contributed by atoms with Crippen molar-refractivity contribution in [2.75, 3.05) is 12.0 Å². The Bertz CT molecular complexity index is 104. The molecule has 0 aromatic heterocycles. The van der Waals surface area contributed by atoms with Crippen molar-refractivity contribution in [3.05, 3.63) is 12.2 Å². The highest BCUT2D eigenvalue weighted by atomic mass is 32.2. The molecular weight excluding hydrogens is 144 g/mol. The van der Waals surface area contributed by atoms with E-state index in [4.69, 9.17) is 5.84 Å². The molecule has 0 rings (SSSR count). The monoisotopic (exact) mass is 160 g/mol. The van der Waals surface area contributed by atoms with Gasteiger partial charge in [-0.1, -0.05) is 5.57 Å². The molecule has 0 saturated carbocycles. The van der Waals surface area contributed by atoms with Gasteiger partial charge in [0.25, 0.3) is 0 Å². The first-order valence-electron chi connectivity index (χ1n) is 3.30. The van der Waals surface area contributed by atoms with Crippen molar-refractivity contribution in [3.63, 3.8) is 0 Å². The zero-order valence-electron chi connectivity index (χ0n) is 6.68. The second kappa shape index (κ2) is 5.77. The highest BCUT2D eigenvalue weighted by Crippen LogP contribution is 2.05. The summed E-state index contributed by atoms with van der Waals surface area (Å²) in [4.78, 5) is 0. The summed E-state index contributed by atoms with van der Waals surface area (Å²) in [6.07, 6.45) is 3.04. The fraction of sp³-hybridized carbons (Fsp3) is 0.714. The minimum atomic E-state index is 0.382. The summed E-state index contributed by atoms with van der Waals surface area (Å²) in [5, 5.41) is 0. The van der Waals surface area contributed by atoms with Crippen LogP contribution in [0.3, 0.4) is 0 Å². The Morgan fingerprint density at radius 3 is 2.70 bits per heavy atom. The minimum absolute atomic E-state index is 0.382. The molecule has 0 heterocycles. The number of hydrogen-bond acceptors (Lipinski definition) is 3. The normalized spacial score (nSPS) is 13.1. The smallest absolute Gasteiger partial charge is 0.0337 e. The first kappa shape index (κ1) is 10.0. The highest BCUT2D eigenvalue weighted by molar-refractivity contribution is 7.98. The lowest BCUT2D eigenvalue weighted by molar-refractivity contribution is 0.574. The third-order valence-electron chi connectivity index (χ3n) is 1.20. The zero-order valence-corrected chi connectivity index (χ0v) is 7.50. The summed E-state index contributed by atoms with van der Waals surface area (Å²) in [7, 11) is 0. The van der Waals surface area contributed by atoms with Crippen molar-refractivity contribution >= 4 is 11.8 Å². The molecule has 0 radical (unpaired) electrons. The second-order valence-corrected chi connectivity index (χ2v) is 3.39. The predicted octanol–water partition coefficient (Wildman–Crippen LogP) is 1.15. The highest BCUT2D eigenvalue weighted by Gasteiger charge is 2.03. The van der Waals surface area contributed by atoms with Crippen LogP contribution < -0.4 is 11.3 Å². The number of nitrogens with one attached hydrogen (secondary N) is 1. The third kappa shape index (κ3) is 4.85. The fourth-order valence-corrected chi connectivity index (χ4v) is 1.40. The van der Waals surface area contributed by atoms with E-state index in [1.165, 1.54) is 5.57 Å². The van der Waals surface area contributed by atoms with Crippen LogP contribution in [-0.2, 0) is 0 Å². The average molecular weight is 160 g/mol. The van der Waals surface area contributed by atoms with Gasteiger partial charge in [0.2, 0.25) is 0 Å². The molecule has 0 amide bonds. The summed E-state index contributed by atoms with van der Waals surface area (Å²) in [5.74, 6) is 6.35. The van der Waals surface area contributed by atoms with Crippen molar-refractivity contribution in [2.24, 2.45) is 5.84 Å². The molecule has 1 atom stereocenters. The molecule has 0 aliphatic heterocycles. The Morgan fingerprint density at radius 1 is 1.80 bits per heavy atom. The molecular formula is C7H16N2S. The molecule has 2 nitrogen and oxygen atoms in total. The predicted molar refractivity (Wildman–Crippen MR) is 48.9 cm³/mol. The van der Waals surface area contributed by atoms with Crippen LogP contribution in [0.25, 0.3) is 0 Å². The summed E-state index contributed by atoms with van der Waals surface area (Å²) in [5.41, 5.74) is 3.93. The molecule has 0 aliphatic rings. The number of nitrogens with two attached hydrogens (primary N) is 1. The van der Waals surface area contributed by atoms with Crippen molar-refractivity contribution in [1.82, 2.24) is 5.43 Å². The quantitative estimate of drug-likeness (QED) is 0.360. The maximum absolute atomic E-state index is 5.30. The Balaban J connectivity index is 3.49. The summed E-state index contributed by atoms with van der Waals surface area (Å²) >= 11 is 1.79. The summed E-state index contributed by atoms with van der Waals surface area (Å²) in [6.45, 7) is 5.84. The van der Waals surface area contributed by atoms with Crippen molar-refractivity contribution in [2.45, 2.75) is 19.4 Å². The van der Waals surface area contributed by atoms with Crippen LogP contribution >= 0.6 is 11.8 Å². The Labute approximate surface area is 67.2 Å². The van der Waals surface area contributed by atoms with E-state index in [0.29, 0.717) is 6.04 Å². The number of thioether (sulfide) groups is 1. The molecule has 0 saturated heterocycles. The molecule has 0 aliphatic carbocycles. The Morgan fingerprint density at radius 2 is 2.40 bits per heavy atom. The maximum atomic E-state index is 5.30. The van der Waals surface area contributed by atoms with Crippen LogP contribution in [-0.4, -0.2) is 18.1 Å². The minimum Gasteiger partial charge on any atom is -0.271 e. The van der Waals surface area contributed by atoms with Crippen LogP contribution in [0.2, 0.25) is 0 Å². The molecule has 0 aromatic carbocycles. The van der Waals surface area contributed by atoms with Crippen LogP contribution in [0.5, 0.6) is 0 Å². The van der Waals surface area contributed by atoms with E-state index in [9.17, 15) is 0 Å². The van der Waals surface area contributed by atoms with E-state index < -0.39 is 0 Å². The van der Waals surface area contributed by atoms with Gasteiger partial charge in [0.05, 0.1) is 0 Å². The van der Waals surface area contributed by atoms with E-state index in [2.05, 4.69) is 18.3 Å². The lowest BCUT2D eigenvalue weighted by Gasteiger charge is -2.13. The van der Waals surface area contributed by atoms with E-state index >= 15 is 0 Å². The van der Waals surface area contributed by atoms with Gasteiger partial charge in [-0.25, -0.2) is 0 Å². The van der Waals surface area contributed by atoms with Gasteiger partial charge in [-0.3, -0.25) is 11.3 Å². The van der Waals surface area contributed by atoms with Crippen LogP contribution in [0.15, 0.2) is 12.2 Å². The summed E-state index contributed by atoms with van der Waals surface area (Å²) in [6, 6.07) is 0.382. The molecule has 60 valence electrons. The number of rotatable bonds is 5. The van der Waals surface area contributed by atoms with Crippen LogP contribution in [0.1, 0.15) is 13.3 Å². The molecule has 1 unspecified atom stereocenters. The van der Waals surface area contributed by atoms with Gasteiger partial charge >= 0.3 is 0 Å². The average Bonchev–Trinajstić information content (AvgIpc) is 1.86. The van der Waals surface area contributed by atoms with Crippen molar-refractivity contribution in [3.8, 4) is 0 Å². The second-order valence-electron chi connectivity index (χ2n) is 2.48. The van der Waals surface area contributed by atoms with Gasteiger partial charge in [0.15, 0.2) is 0 Å². The summed E-state index contributed by atoms with van der Waals surface area (Å²) < 4.78 is 0. The SMILES string of the molecule is C=C(C)CC(CSC)NN. The lowest BCUT2D eigenvalue weighted by Crippen LogP contribution is -2.37. The number of hydrazine groups is 1. The molecule has 10 heavy (non-hydrogen) atoms. The van der Waals surface area contributed by atoms with Crippen molar-refractivity contribution < 1.29 is 0 Å². The van der Waals surface area contributed by atoms with Gasteiger partial charge in [0, 0.05) is 11.8 Å². The van der Waals surface area contributed by atoms with E-state index in [1.54, 1.807) is 11.8 Å². The molecule has 0 aromatic rings. The standard InChI is InChI=1S/C7H16N2S/c1-6(2)4-7(9-8)5-10-3/h7,9H,1,4-5,8H2,2-3H3. The molecule has 0 fully saturated rings. The van der Waals surface area contributed by atoms with E-state index in [1.807, 2.05) is 6.92 Å². The first-order chi connectivity index (χ1) is 4.70. The van der Waals surface area contributed by atoms with E-state index in [0.717, 1.165) is 12.2 Å². The zero-order chi connectivity index (χ0) is 7.98. The van der Waals surface area contributed by atoms with Gasteiger partial charge in [0.1, 0.15) is 0 Å². The molecule has 3 N–H and O–H groups in total. The van der Waals surface area contributed by atoms with Gasteiger partial charge in [-0.2, -0.15) is 11.8 Å². The topological polar surface area (TPSA) is 38.0 Å². The maximum Gasteiger partial charge on any atom is 0.0337 e. The third-order valence-corrected chi connectivity index (χ3v) is 1.93. The largest absolute Gasteiger partial charge is 0.271 e. The van der Waals surface area contributed by atoms with Crippen molar-refractivity contribution in [1.29, 1.82) is 0 Å². The Hall–Kier alpha value is 0.01000. The molecule has 0 bridgehead atoms. The first-order valence-corrected chi connectivity index (χ1v) is 4.69. The molecule has 3 heteroatoms. The van der Waals surface area contributed by atoms with E-state index in [-0.39, 0.29) is 0 Å². The lowest BCUT2D eigenvalue weighted by atomic mass is 10.1. The fourth-order valence-electron chi connectivity index (χ4n) is 0.788. The number of hydrogen-bond donors (Lipinski definition) is 2. The van der Waals surface area contributed by atoms with Crippen LogP contribution in [0, 0.1) is 0 Å². The molecule has 0 spiro atoms.